The van der Waals surface area contributed by atoms with Crippen molar-refractivity contribution in [3.8, 4) is 0 Å². The van der Waals surface area contributed by atoms with E-state index in [4.69, 9.17) is 0 Å². The van der Waals surface area contributed by atoms with Crippen LogP contribution in [0.3, 0.4) is 0 Å². The molecule has 0 amide bonds. The van der Waals surface area contributed by atoms with Gasteiger partial charge in [-0.2, -0.15) is 0 Å². The molecule has 0 spiro atoms. The van der Waals surface area contributed by atoms with Gasteiger partial charge in [-0.3, -0.25) is 0 Å². The Morgan fingerprint density at radius 1 is 1.00 bits per heavy atom. The number of benzene rings is 2. The normalized spacial score (nSPS) is 14.3. The molecule has 0 bridgehead atoms. The molecule has 2 nitrogen and oxygen atoms in total. The molecule has 1 N–H and O–H groups in total. The maximum Gasteiger partial charge on any atom is 0.157 e. The third kappa shape index (κ3) is 3.98. The van der Waals surface area contributed by atoms with Crippen molar-refractivity contribution in [2.45, 2.75) is 39.0 Å². The summed E-state index contributed by atoms with van der Waals surface area (Å²) in [4.78, 5) is 13.3. The maximum absolute atomic E-state index is 13.3. The molecule has 0 saturated carbocycles. The number of carbonyl (C=O) groups is 1. The van der Waals surface area contributed by atoms with Gasteiger partial charge in [0.15, 0.2) is 8.07 Å². The Morgan fingerprint density at radius 2 is 1.52 bits per heavy atom. The first-order valence-electron chi connectivity index (χ1n) is 8.31. The van der Waals surface area contributed by atoms with Crippen molar-refractivity contribution in [3.05, 3.63) is 66.2 Å². The lowest BCUT2D eigenvalue weighted by atomic mass is 9.93. The van der Waals surface area contributed by atoms with E-state index in [1.165, 1.54) is 0 Å². The zero-order chi connectivity index (χ0) is 16.9. The van der Waals surface area contributed by atoms with Gasteiger partial charge in [0.1, 0.15) is 5.41 Å². The molecule has 2 atom stereocenters. The van der Waals surface area contributed by atoms with Crippen LogP contribution >= 0.6 is 0 Å². The van der Waals surface area contributed by atoms with Crippen LogP contribution in [0.2, 0.25) is 13.1 Å². The van der Waals surface area contributed by atoms with Gasteiger partial charge in [-0.15, -0.1) is 0 Å². The van der Waals surface area contributed by atoms with Crippen molar-refractivity contribution in [1.82, 2.24) is 0 Å². The first-order chi connectivity index (χ1) is 11.0. The molecule has 3 heteroatoms. The van der Waals surface area contributed by atoms with Gasteiger partial charge in [0.05, 0.1) is 6.10 Å². The average Bonchev–Trinajstić information content (AvgIpc) is 2.60. The summed E-state index contributed by atoms with van der Waals surface area (Å²) in [5.74, 6) is -0.329. The van der Waals surface area contributed by atoms with Crippen molar-refractivity contribution < 1.29 is 9.90 Å². The van der Waals surface area contributed by atoms with Crippen molar-refractivity contribution >= 4 is 18.7 Å². The summed E-state index contributed by atoms with van der Waals surface area (Å²) in [6.07, 6.45) is 0.886. The molecule has 0 aliphatic heterocycles. The first kappa shape index (κ1) is 17.6. The van der Waals surface area contributed by atoms with E-state index in [1.54, 1.807) is 0 Å². The molecular weight excluding hydrogens is 300 g/mol. The van der Waals surface area contributed by atoms with Crippen LogP contribution in [0.25, 0.3) is 0 Å². The molecule has 2 aromatic carbocycles. The molecule has 0 heterocycles. The second-order valence-corrected chi connectivity index (χ2v) is 10.9. The van der Waals surface area contributed by atoms with E-state index in [9.17, 15) is 9.90 Å². The number of hydrogen-bond acceptors (Lipinski definition) is 2. The highest BCUT2D eigenvalue weighted by Crippen LogP contribution is 2.29. The van der Waals surface area contributed by atoms with Crippen molar-refractivity contribution in [1.29, 1.82) is 0 Å². The van der Waals surface area contributed by atoms with Gasteiger partial charge < -0.3 is 9.90 Å². The Balaban J connectivity index is 2.31. The molecular formula is C20H26O2Si. The van der Waals surface area contributed by atoms with Crippen LogP contribution in [0, 0.1) is 5.92 Å². The summed E-state index contributed by atoms with van der Waals surface area (Å²) in [5.41, 5.74) is 0.831. The van der Waals surface area contributed by atoms with Crippen LogP contribution in [0.5, 0.6) is 0 Å². The molecule has 0 aromatic heterocycles. The molecule has 23 heavy (non-hydrogen) atoms. The summed E-state index contributed by atoms with van der Waals surface area (Å²) >= 11 is 0. The van der Waals surface area contributed by atoms with Crippen LogP contribution in [-0.2, 0) is 4.79 Å². The fourth-order valence-electron chi connectivity index (χ4n) is 3.09. The number of carbonyl (C=O) groups excluding carboxylic acids is 1. The maximum atomic E-state index is 13.3. The topological polar surface area (TPSA) is 37.3 Å². The Bertz CT molecular complexity index is 623. The van der Waals surface area contributed by atoms with Gasteiger partial charge in [0.2, 0.25) is 0 Å². The van der Waals surface area contributed by atoms with Gasteiger partial charge in [-0.25, -0.2) is 0 Å². The largest absolute Gasteiger partial charge is 0.388 e. The highest BCUT2D eigenvalue weighted by Gasteiger charge is 2.40. The minimum atomic E-state index is -2.28. The molecule has 0 fully saturated rings. The summed E-state index contributed by atoms with van der Waals surface area (Å²) in [6.45, 7) is 6.24. The Kier molecular flexibility index (Phi) is 5.91. The van der Waals surface area contributed by atoms with Gasteiger partial charge in [0, 0.05) is 5.92 Å². The van der Waals surface area contributed by atoms with Crippen LogP contribution in [0.1, 0.15) is 31.4 Å². The van der Waals surface area contributed by atoms with E-state index < -0.39 is 14.2 Å². The molecule has 0 saturated heterocycles. The van der Waals surface area contributed by atoms with E-state index in [0.717, 1.165) is 23.6 Å². The zero-order valence-corrected chi connectivity index (χ0v) is 15.2. The third-order valence-corrected chi connectivity index (χ3v) is 7.95. The molecule has 0 aliphatic rings. The lowest BCUT2D eigenvalue weighted by Gasteiger charge is -2.30. The van der Waals surface area contributed by atoms with E-state index in [1.807, 2.05) is 60.7 Å². The Morgan fingerprint density at radius 3 is 2.04 bits per heavy atom. The minimum absolute atomic E-state index is 0.238. The zero-order valence-electron chi connectivity index (χ0n) is 14.2. The van der Waals surface area contributed by atoms with E-state index in [0.29, 0.717) is 0 Å². The standard InChI is InChI=1S/C20H26O2Si/c1-4-11-18(19(21)16-12-7-5-8-13-16)20(22)23(2,3)17-14-9-6-10-15-17/h5-10,12-15,18-19,21H,4,11H2,1-3H3/t18-,19+/m1/s1. The molecule has 0 aliphatic carbocycles. The van der Waals surface area contributed by atoms with Crippen LogP contribution < -0.4 is 5.19 Å². The fourth-order valence-corrected chi connectivity index (χ4v) is 5.63. The van der Waals surface area contributed by atoms with Crippen LogP contribution in [0.15, 0.2) is 60.7 Å². The van der Waals surface area contributed by atoms with Gasteiger partial charge >= 0.3 is 0 Å². The number of aliphatic hydroxyl groups excluding tert-OH is 1. The van der Waals surface area contributed by atoms with Gasteiger partial charge in [-0.1, -0.05) is 92.3 Å². The second-order valence-electron chi connectivity index (χ2n) is 6.61. The second kappa shape index (κ2) is 7.71. The summed E-state index contributed by atoms with van der Waals surface area (Å²) in [5, 5.41) is 12.2. The molecule has 2 rings (SSSR count). The Labute approximate surface area is 140 Å². The molecule has 122 valence electrons. The van der Waals surface area contributed by atoms with E-state index >= 15 is 0 Å². The predicted octanol–water partition coefficient (Wildman–Crippen LogP) is 3.86. The lowest BCUT2D eigenvalue weighted by molar-refractivity contribution is -0.119. The lowest BCUT2D eigenvalue weighted by Crippen LogP contribution is -2.53. The average molecular weight is 327 g/mol. The van der Waals surface area contributed by atoms with E-state index in [-0.39, 0.29) is 11.3 Å². The number of aliphatic hydroxyl groups is 1. The first-order valence-corrected chi connectivity index (χ1v) is 11.3. The summed E-state index contributed by atoms with van der Waals surface area (Å²) in [7, 11) is -2.28. The summed E-state index contributed by atoms with van der Waals surface area (Å²) in [6, 6.07) is 19.6. The molecule has 2 aromatic rings. The van der Waals surface area contributed by atoms with Gasteiger partial charge in [0.25, 0.3) is 0 Å². The molecule has 0 unspecified atom stereocenters. The SMILES string of the molecule is CCC[C@@H](C(=O)[Si](C)(C)c1ccccc1)[C@@H](O)c1ccccc1. The molecule has 0 radical (unpaired) electrons. The predicted molar refractivity (Wildman–Crippen MR) is 98.4 cm³/mol. The minimum Gasteiger partial charge on any atom is -0.388 e. The monoisotopic (exact) mass is 326 g/mol. The summed E-state index contributed by atoms with van der Waals surface area (Å²) < 4.78 is 0. The smallest absolute Gasteiger partial charge is 0.157 e. The third-order valence-electron chi connectivity index (χ3n) is 4.57. The van der Waals surface area contributed by atoms with Crippen molar-refractivity contribution in [2.75, 3.05) is 0 Å². The van der Waals surface area contributed by atoms with E-state index in [2.05, 4.69) is 20.0 Å². The van der Waals surface area contributed by atoms with Crippen molar-refractivity contribution in [3.63, 3.8) is 0 Å². The van der Waals surface area contributed by atoms with Gasteiger partial charge in [-0.05, 0) is 12.0 Å². The quantitative estimate of drug-likeness (QED) is 0.785. The Hall–Kier alpha value is -1.71. The highest BCUT2D eigenvalue weighted by molar-refractivity contribution is 7.13. The van der Waals surface area contributed by atoms with Crippen molar-refractivity contribution in [2.24, 2.45) is 5.92 Å². The number of hydrogen-bond donors (Lipinski definition) is 1. The highest BCUT2D eigenvalue weighted by atomic mass is 28.3. The van der Waals surface area contributed by atoms with Crippen LogP contribution in [0.4, 0.5) is 0 Å². The van der Waals surface area contributed by atoms with Crippen LogP contribution in [-0.4, -0.2) is 18.6 Å². The number of rotatable bonds is 7. The fraction of sp³-hybridized carbons (Fsp3) is 0.350.